The maximum Gasteiger partial charge on any atom is 0.192 e. The third-order valence-corrected chi connectivity index (χ3v) is 12.4. The normalized spacial score (nSPS) is 39.3. The smallest absolute Gasteiger partial charge is 0.192 e. The highest BCUT2D eigenvalue weighted by Gasteiger charge is 2.55. The van der Waals surface area contributed by atoms with Gasteiger partial charge >= 0.3 is 0 Å². The van der Waals surface area contributed by atoms with Gasteiger partial charge in [-0.2, -0.15) is 0 Å². The van der Waals surface area contributed by atoms with E-state index in [0.29, 0.717) is 31.2 Å². The van der Waals surface area contributed by atoms with Crippen LogP contribution in [0, 0.1) is 23.2 Å². The summed E-state index contributed by atoms with van der Waals surface area (Å²) < 4.78 is 18.3. The minimum Gasteiger partial charge on any atom is -0.410 e. The molecule has 0 heterocycles. The average Bonchev–Trinajstić information content (AvgIpc) is 3.27. The molecule has 3 aliphatic rings. The minimum atomic E-state index is -1.88. The van der Waals surface area contributed by atoms with Gasteiger partial charge in [0.2, 0.25) is 0 Å². The van der Waals surface area contributed by atoms with Gasteiger partial charge in [0.25, 0.3) is 0 Å². The summed E-state index contributed by atoms with van der Waals surface area (Å²) in [7, 11) is -0.184. The monoisotopic (exact) mass is 396 g/mol. The lowest BCUT2D eigenvalue weighted by Gasteiger charge is -2.47. The van der Waals surface area contributed by atoms with Crippen molar-refractivity contribution in [3.63, 3.8) is 0 Å². The molecule has 1 N–H and O–H groups in total. The van der Waals surface area contributed by atoms with Gasteiger partial charge in [0.15, 0.2) is 8.32 Å². The van der Waals surface area contributed by atoms with E-state index < -0.39 is 8.32 Å². The predicted molar refractivity (Wildman–Crippen MR) is 111 cm³/mol. The van der Waals surface area contributed by atoms with E-state index in [1.165, 1.54) is 12.0 Å². The number of rotatable bonds is 7. The quantitative estimate of drug-likeness (QED) is 0.383. The van der Waals surface area contributed by atoms with Crippen LogP contribution in [0.2, 0.25) is 18.1 Å². The van der Waals surface area contributed by atoms with Gasteiger partial charge < -0.3 is 19.0 Å². The Morgan fingerprint density at radius 3 is 2.52 bits per heavy atom. The highest BCUT2D eigenvalue weighted by Crippen LogP contribution is 2.58. The molecule has 0 saturated heterocycles. The van der Waals surface area contributed by atoms with E-state index >= 15 is 0 Å². The van der Waals surface area contributed by atoms with Crippen LogP contribution in [-0.4, -0.2) is 46.1 Å². The summed E-state index contributed by atoms with van der Waals surface area (Å²) in [5.74, 6) is 1.51. The molecule has 0 aliphatic heterocycles. The van der Waals surface area contributed by atoms with Gasteiger partial charge in [-0.1, -0.05) is 33.8 Å². The number of hydrogen-bond donors (Lipinski definition) is 1. The second kappa shape index (κ2) is 7.56. The first-order chi connectivity index (χ1) is 12.5. The van der Waals surface area contributed by atoms with E-state index in [1.54, 1.807) is 7.11 Å². The van der Waals surface area contributed by atoms with Crippen molar-refractivity contribution in [1.82, 2.24) is 0 Å². The molecule has 4 nitrogen and oxygen atoms in total. The zero-order chi connectivity index (χ0) is 20.0. The Balaban J connectivity index is 1.86. The van der Waals surface area contributed by atoms with Gasteiger partial charge in [0, 0.05) is 19.1 Å². The molecule has 2 fully saturated rings. The Morgan fingerprint density at radius 2 is 1.96 bits per heavy atom. The van der Waals surface area contributed by atoms with Gasteiger partial charge in [0.05, 0.1) is 12.2 Å². The minimum absolute atomic E-state index is 0.110. The Morgan fingerprint density at radius 1 is 1.26 bits per heavy atom. The standard InChI is InChI=1S/C22H40O4Si/c1-21(2,3)27(6,7)26-19-12-22(4)16(8-9-20(22)25-14-24-5)11-18(19)17-10-15(17)13-23/h11,15-17,19-20,23H,8-10,12-14H2,1-7H3/t15-,16-,17-,19-,20+,22+/m1/s1. The largest absolute Gasteiger partial charge is 0.410 e. The van der Waals surface area contributed by atoms with Crippen molar-refractivity contribution in [2.24, 2.45) is 23.2 Å². The maximum absolute atomic E-state index is 9.64. The fourth-order valence-corrected chi connectivity index (χ4v) is 6.21. The Labute approximate surface area is 166 Å². The SMILES string of the molecule is COCO[C@H]1CC[C@@H]2C=C([C@@H]3C[C@@H]3CO)[C@H](O[Si](C)(C)C(C)(C)C)C[C@]12C. The summed E-state index contributed by atoms with van der Waals surface area (Å²) in [6, 6.07) is 0. The zero-order valence-corrected chi connectivity index (χ0v) is 19.4. The van der Waals surface area contributed by atoms with Crippen LogP contribution in [0.15, 0.2) is 11.6 Å². The second-order valence-electron chi connectivity index (χ2n) is 10.8. The molecule has 0 aromatic heterocycles. The molecule has 156 valence electrons. The van der Waals surface area contributed by atoms with Crippen LogP contribution in [0.3, 0.4) is 0 Å². The maximum atomic E-state index is 9.64. The summed E-state index contributed by atoms with van der Waals surface area (Å²) in [4.78, 5) is 0. The second-order valence-corrected chi connectivity index (χ2v) is 15.5. The van der Waals surface area contributed by atoms with Crippen LogP contribution < -0.4 is 0 Å². The van der Waals surface area contributed by atoms with E-state index in [-0.39, 0.29) is 22.7 Å². The molecule has 5 heteroatoms. The molecule has 3 aliphatic carbocycles. The molecule has 0 spiro atoms. The van der Waals surface area contributed by atoms with Crippen LogP contribution in [0.4, 0.5) is 0 Å². The number of aliphatic hydroxyl groups excluding tert-OH is 1. The van der Waals surface area contributed by atoms with Crippen molar-refractivity contribution >= 4 is 8.32 Å². The lowest BCUT2D eigenvalue weighted by Crippen LogP contribution is -2.49. The van der Waals surface area contributed by atoms with Crippen LogP contribution in [0.25, 0.3) is 0 Å². The lowest BCUT2D eigenvalue weighted by atomic mass is 9.68. The van der Waals surface area contributed by atoms with E-state index in [0.717, 1.165) is 19.3 Å². The van der Waals surface area contributed by atoms with Gasteiger partial charge in [-0.3, -0.25) is 0 Å². The summed E-state index contributed by atoms with van der Waals surface area (Å²) >= 11 is 0. The van der Waals surface area contributed by atoms with Crippen LogP contribution >= 0.6 is 0 Å². The molecule has 27 heavy (non-hydrogen) atoms. The molecule has 0 aromatic rings. The lowest BCUT2D eigenvalue weighted by molar-refractivity contribution is -0.116. The Kier molecular flexibility index (Phi) is 6.02. The number of ether oxygens (including phenoxy) is 2. The van der Waals surface area contributed by atoms with Crippen LogP contribution in [0.1, 0.15) is 53.4 Å². The number of fused-ring (bicyclic) bond motifs is 1. The molecule has 0 unspecified atom stereocenters. The fourth-order valence-electron chi connectivity index (χ4n) is 4.93. The topological polar surface area (TPSA) is 47.9 Å². The zero-order valence-electron chi connectivity index (χ0n) is 18.4. The van der Waals surface area contributed by atoms with Crippen molar-refractivity contribution in [2.75, 3.05) is 20.5 Å². The molecule has 2 saturated carbocycles. The third-order valence-electron chi connectivity index (χ3n) is 7.93. The molecular formula is C22H40O4Si. The van der Waals surface area contributed by atoms with Gasteiger partial charge in [0.1, 0.15) is 6.79 Å². The summed E-state index contributed by atoms with van der Waals surface area (Å²) in [6.45, 7) is 14.7. The van der Waals surface area contributed by atoms with Crippen molar-refractivity contribution < 1.29 is 19.0 Å². The van der Waals surface area contributed by atoms with E-state index in [4.69, 9.17) is 13.9 Å². The highest BCUT2D eigenvalue weighted by atomic mass is 28.4. The predicted octanol–water partition coefficient (Wildman–Crippen LogP) is 4.74. The van der Waals surface area contributed by atoms with Gasteiger partial charge in [-0.25, -0.2) is 0 Å². The molecular weight excluding hydrogens is 356 g/mol. The number of allylic oxidation sites excluding steroid dienone is 1. The van der Waals surface area contributed by atoms with E-state index in [2.05, 4.69) is 46.9 Å². The van der Waals surface area contributed by atoms with Crippen molar-refractivity contribution in [1.29, 1.82) is 0 Å². The number of aliphatic hydroxyl groups is 1. The first-order valence-corrected chi connectivity index (χ1v) is 13.5. The molecule has 0 bridgehead atoms. The number of hydrogen-bond acceptors (Lipinski definition) is 4. The summed E-state index contributed by atoms with van der Waals surface area (Å²) in [6.07, 6.45) is 7.34. The third kappa shape index (κ3) is 4.09. The molecule has 0 radical (unpaired) electrons. The van der Waals surface area contributed by atoms with Crippen molar-refractivity contribution in [3.05, 3.63) is 11.6 Å². The average molecular weight is 397 g/mol. The first-order valence-electron chi connectivity index (χ1n) is 10.6. The first kappa shape index (κ1) is 21.5. The van der Waals surface area contributed by atoms with E-state index in [1.807, 2.05) is 0 Å². The molecule has 3 rings (SSSR count). The summed E-state index contributed by atoms with van der Waals surface area (Å²) in [5.41, 5.74) is 1.59. The molecule has 0 aromatic carbocycles. The highest BCUT2D eigenvalue weighted by molar-refractivity contribution is 6.74. The fraction of sp³-hybridized carbons (Fsp3) is 0.909. The van der Waals surface area contributed by atoms with Gasteiger partial charge in [-0.15, -0.1) is 0 Å². The molecule has 0 amide bonds. The van der Waals surface area contributed by atoms with E-state index in [9.17, 15) is 5.11 Å². The van der Waals surface area contributed by atoms with Crippen molar-refractivity contribution in [2.45, 2.75) is 83.7 Å². The number of methoxy groups -OCH3 is 1. The Bertz CT molecular complexity index is 567. The molecule has 6 atom stereocenters. The van der Waals surface area contributed by atoms with Crippen LogP contribution in [0.5, 0.6) is 0 Å². The van der Waals surface area contributed by atoms with Crippen molar-refractivity contribution in [3.8, 4) is 0 Å². The van der Waals surface area contributed by atoms with Gasteiger partial charge in [-0.05, 0) is 67.1 Å². The Hall–Kier alpha value is -0.203. The van der Waals surface area contributed by atoms with Crippen LogP contribution in [-0.2, 0) is 13.9 Å². The summed E-state index contributed by atoms with van der Waals surface area (Å²) in [5, 5.41) is 9.83.